The highest BCUT2D eigenvalue weighted by atomic mass is 16.3. The van der Waals surface area contributed by atoms with Crippen LogP contribution in [0.5, 0.6) is 0 Å². The van der Waals surface area contributed by atoms with Crippen molar-refractivity contribution < 1.29 is 4.42 Å². The lowest BCUT2D eigenvalue weighted by atomic mass is 10.1. The number of nitrogens with zero attached hydrogens (tertiary/aromatic N) is 2. The minimum Gasteiger partial charge on any atom is -0.464 e. The fraction of sp³-hybridized carbons (Fsp3) is 0.733. The molecule has 2 N–H and O–H groups in total. The zero-order valence-electron chi connectivity index (χ0n) is 12.4. The van der Waals surface area contributed by atoms with E-state index in [4.69, 9.17) is 10.2 Å². The van der Waals surface area contributed by atoms with Gasteiger partial charge in [0.15, 0.2) is 0 Å². The predicted octanol–water partition coefficient (Wildman–Crippen LogP) is 1.87. The zero-order chi connectivity index (χ0) is 13.8. The molecule has 0 spiro atoms. The highest BCUT2D eigenvalue weighted by molar-refractivity contribution is 5.11. The third kappa shape index (κ3) is 3.38. The molecule has 0 saturated carbocycles. The van der Waals surface area contributed by atoms with Gasteiger partial charge in [0, 0.05) is 45.2 Å². The molecule has 4 nitrogen and oxygen atoms in total. The van der Waals surface area contributed by atoms with Crippen LogP contribution in [-0.4, -0.2) is 48.6 Å². The average Bonchev–Trinajstić information content (AvgIpc) is 2.89. The molecule has 1 fully saturated rings. The summed E-state index contributed by atoms with van der Waals surface area (Å²) in [4.78, 5) is 4.97. The maximum absolute atomic E-state index is 5.97. The third-order valence-electron chi connectivity index (χ3n) is 4.10. The molecule has 0 bridgehead atoms. The van der Waals surface area contributed by atoms with Gasteiger partial charge < -0.3 is 10.2 Å². The Morgan fingerprint density at radius 1 is 1.16 bits per heavy atom. The number of aryl methyl sites for hydroxylation is 1. The molecule has 1 saturated heterocycles. The monoisotopic (exact) mass is 265 g/mol. The van der Waals surface area contributed by atoms with Crippen LogP contribution in [0.15, 0.2) is 16.5 Å². The second-order valence-electron chi connectivity index (χ2n) is 5.57. The molecule has 1 aromatic rings. The molecule has 1 atom stereocenters. The minimum atomic E-state index is 0.231. The molecule has 1 aromatic heterocycles. The number of rotatable bonds is 5. The van der Waals surface area contributed by atoms with Gasteiger partial charge in [-0.3, -0.25) is 9.80 Å². The van der Waals surface area contributed by atoms with Crippen LogP contribution in [0, 0.1) is 0 Å². The van der Waals surface area contributed by atoms with Gasteiger partial charge in [-0.1, -0.05) is 6.92 Å². The molecule has 2 heterocycles. The van der Waals surface area contributed by atoms with E-state index in [0.717, 1.165) is 44.1 Å². The highest BCUT2D eigenvalue weighted by Crippen LogP contribution is 2.24. The summed E-state index contributed by atoms with van der Waals surface area (Å²) in [6, 6.07) is 5.02. The third-order valence-corrected chi connectivity index (χ3v) is 4.10. The molecular formula is C15H27N3O. The van der Waals surface area contributed by atoms with Crippen molar-refractivity contribution in [1.82, 2.24) is 9.80 Å². The Kier molecular flexibility index (Phi) is 5.02. The number of furan rings is 1. The van der Waals surface area contributed by atoms with Gasteiger partial charge in [-0.15, -0.1) is 0 Å². The summed E-state index contributed by atoms with van der Waals surface area (Å²) >= 11 is 0. The topological polar surface area (TPSA) is 45.6 Å². The normalized spacial score (nSPS) is 20.1. The lowest BCUT2D eigenvalue weighted by Crippen LogP contribution is -2.50. The lowest BCUT2D eigenvalue weighted by molar-refractivity contribution is 0.0726. The first-order valence-electron chi connectivity index (χ1n) is 7.42. The average molecular weight is 265 g/mol. The van der Waals surface area contributed by atoms with Crippen LogP contribution in [0.25, 0.3) is 0 Å². The molecule has 2 rings (SSSR count). The molecule has 4 heteroatoms. The molecule has 19 heavy (non-hydrogen) atoms. The van der Waals surface area contributed by atoms with Crippen LogP contribution in [-0.2, 0) is 6.42 Å². The molecule has 1 aliphatic rings. The number of hydrogen-bond acceptors (Lipinski definition) is 4. The fourth-order valence-electron chi connectivity index (χ4n) is 2.77. The standard InChI is InChI=1S/C15H27N3O/c1-4-13-5-6-15(19-13)14(11-16)18-9-7-17(8-10-18)12(2)3/h5-6,12,14H,4,7-11,16H2,1-3H3. The van der Waals surface area contributed by atoms with Crippen molar-refractivity contribution in [2.75, 3.05) is 32.7 Å². The van der Waals surface area contributed by atoms with Gasteiger partial charge >= 0.3 is 0 Å². The van der Waals surface area contributed by atoms with Crippen molar-refractivity contribution in [3.05, 3.63) is 23.7 Å². The summed E-state index contributed by atoms with van der Waals surface area (Å²) in [6.07, 6.45) is 0.943. The first-order valence-corrected chi connectivity index (χ1v) is 7.42. The van der Waals surface area contributed by atoms with Gasteiger partial charge in [0.2, 0.25) is 0 Å². The summed E-state index contributed by atoms with van der Waals surface area (Å²) in [5, 5.41) is 0. The van der Waals surface area contributed by atoms with Crippen molar-refractivity contribution in [1.29, 1.82) is 0 Å². The number of piperazine rings is 1. The summed E-state index contributed by atoms with van der Waals surface area (Å²) in [7, 11) is 0. The van der Waals surface area contributed by atoms with Crippen LogP contribution in [0.4, 0.5) is 0 Å². The van der Waals surface area contributed by atoms with E-state index in [-0.39, 0.29) is 6.04 Å². The molecule has 1 unspecified atom stereocenters. The number of hydrogen-bond donors (Lipinski definition) is 1. The highest BCUT2D eigenvalue weighted by Gasteiger charge is 2.26. The van der Waals surface area contributed by atoms with Gasteiger partial charge in [-0.2, -0.15) is 0 Å². The van der Waals surface area contributed by atoms with Gasteiger partial charge in [0.1, 0.15) is 11.5 Å². The van der Waals surface area contributed by atoms with Gasteiger partial charge in [-0.25, -0.2) is 0 Å². The van der Waals surface area contributed by atoms with E-state index in [1.54, 1.807) is 0 Å². The Morgan fingerprint density at radius 3 is 2.26 bits per heavy atom. The smallest absolute Gasteiger partial charge is 0.122 e. The van der Waals surface area contributed by atoms with Crippen molar-refractivity contribution in [2.45, 2.75) is 39.3 Å². The molecular weight excluding hydrogens is 238 g/mol. The van der Waals surface area contributed by atoms with E-state index < -0.39 is 0 Å². The molecule has 0 aliphatic carbocycles. The molecule has 0 radical (unpaired) electrons. The van der Waals surface area contributed by atoms with Crippen molar-refractivity contribution in [3.63, 3.8) is 0 Å². The van der Waals surface area contributed by atoms with Gasteiger partial charge in [-0.05, 0) is 26.0 Å². The molecule has 1 aliphatic heterocycles. The lowest BCUT2D eigenvalue weighted by Gasteiger charge is -2.39. The Balaban J connectivity index is 1.99. The summed E-state index contributed by atoms with van der Waals surface area (Å²) in [6.45, 7) is 11.6. The summed E-state index contributed by atoms with van der Waals surface area (Å²) in [5.74, 6) is 2.08. The van der Waals surface area contributed by atoms with Crippen LogP contribution in [0.3, 0.4) is 0 Å². The van der Waals surface area contributed by atoms with Crippen LogP contribution >= 0.6 is 0 Å². The zero-order valence-corrected chi connectivity index (χ0v) is 12.4. The van der Waals surface area contributed by atoms with Crippen molar-refractivity contribution in [3.8, 4) is 0 Å². The summed E-state index contributed by atoms with van der Waals surface area (Å²) in [5.41, 5.74) is 5.97. The Labute approximate surface area is 116 Å². The summed E-state index contributed by atoms with van der Waals surface area (Å²) < 4.78 is 5.88. The van der Waals surface area contributed by atoms with Crippen LogP contribution in [0.2, 0.25) is 0 Å². The van der Waals surface area contributed by atoms with E-state index >= 15 is 0 Å². The van der Waals surface area contributed by atoms with E-state index in [0.29, 0.717) is 12.6 Å². The maximum Gasteiger partial charge on any atom is 0.122 e. The number of nitrogens with two attached hydrogens (primary N) is 1. The van der Waals surface area contributed by atoms with E-state index in [1.807, 2.05) is 0 Å². The van der Waals surface area contributed by atoms with Gasteiger partial charge in [0.05, 0.1) is 6.04 Å². The second kappa shape index (κ2) is 6.55. The van der Waals surface area contributed by atoms with Crippen molar-refractivity contribution >= 4 is 0 Å². The van der Waals surface area contributed by atoms with E-state index in [1.165, 1.54) is 0 Å². The SMILES string of the molecule is CCc1ccc(C(CN)N2CCN(C(C)C)CC2)o1. The fourth-order valence-corrected chi connectivity index (χ4v) is 2.77. The van der Waals surface area contributed by atoms with Crippen LogP contribution in [0.1, 0.15) is 38.3 Å². The van der Waals surface area contributed by atoms with Crippen molar-refractivity contribution in [2.24, 2.45) is 5.73 Å². The van der Waals surface area contributed by atoms with E-state index in [9.17, 15) is 0 Å². The Bertz CT molecular complexity index is 380. The van der Waals surface area contributed by atoms with Gasteiger partial charge in [0.25, 0.3) is 0 Å². The Hall–Kier alpha value is -0.840. The first-order chi connectivity index (χ1) is 9.15. The molecule has 0 amide bonds. The quantitative estimate of drug-likeness (QED) is 0.883. The molecule has 108 valence electrons. The molecule has 0 aromatic carbocycles. The van der Waals surface area contributed by atoms with Crippen LogP contribution < -0.4 is 5.73 Å². The van der Waals surface area contributed by atoms with E-state index in [2.05, 4.69) is 42.7 Å². The first kappa shape index (κ1) is 14.6. The predicted molar refractivity (Wildman–Crippen MR) is 78.2 cm³/mol. The minimum absolute atomic E-state index is 0.231. The largest absolute Gasteiger partial charge is 0.464 e. The maximum atomic E-state index is 5.97. The Morgan fingerprint density at radius 2 is 1.79 bits per heavy atom. The second-order valence-corrected chi connectivity index (χ2v) is 5.57.